The van der Waals surface area contributed by atoms with E-state index in [0.717, 1.165) is 5.92 Å². The first kappa shape index (κ1) is 11.0. The fourth-order valence-corrected chi connectivity index (χ4v) is 3.63. The Morgan fingerprint density at radius 1 is 1.33 bits per heavy atom. The molecule has 2 aliphatic rings. The van der Waals surface area contributed by atoms with Crippen molar-refractivity contribution in [1.29, 1.82) is 0 Å². The van der Waals surface area contributed by atoms with Gasteiger partial charge >= 0.3 is 0 Å². The molecule has 2 rings (SSSR count). The third-order valence-corrected chi connectivity index (χ3v) is 4.76. The van der Waals surface area contributed by atoms with Gasteiger partial charge in [-0.3, -0.25) is 0 Å². The summed E-state index contributed by atoms with van der Waals surface area (Å²) in [6.07, 6.45) is 9.29. The van der Waals surface area contributed by atoms with E-state index < -0.39 is 0 Å². The van der Waals surface area contributed by atoms with Crippen LogP contribution in [0.15, 0.2) is 22.8 Å². The molecular weight excluding hydrogens is 180 g/mol. The zero-order chi connectivity index (χ0) is 11.1. The van der Waals surface area contributed by atoms with Crippen LogP contribution < -0.4 is 0 Å². The molecule has 84 valence electrons. The molecule has 0 heteroatoms. The highest BCUT2D eigenvalue weighted by molar-refractivity contribution is 5.29. The molecule has 0 bridgehead atoms. The molecule has 2 atom stereocenters. The van der Waals surface area contributed by atoms with Crippen LogP contribution in [-0.2, 0) is 0 Å². The average Bonchev–Trinajstić information content (AvgIpc) is 2.50. The third-order valence-electron chi connectivity index (χ3n) is 4.76. The zero-order valence-electron chi connectivity index (χ0n) is 10.7. The van der Waals surface area contributed by atoms with Crippen LogP contribution >= 0.6 is 0 Å². The van der Waals surface area contributed by atoms with E-state index in [1.807, 2.05) is 0 Å². The van der Waals surface area contributed by atoms with Gasteiger partial charge in [0.05, 0.1) is 0 Å². The molecule has 0 aromatic heterocycles. The SMILES string of the molecule is CC1=CC[C@]2(CC1)C(=C(C)C)CC[C@@H]2C. The van der Waals surface area contributed by atoms with E-state index in [9.17, 15) is 0 Å². The number of hydrogen-bond acceptors (Lipinski definition) is 0. The van der Waals surface area contributed by atoms with Crippen LogP contribution in [0, 0.1) is 11.3 Å². The summed E-state index contributed by atoms with van der Waals surface area (Å²) in [5, 5.41) is 0. The summed E-state index contributed by atoms with van der Waals surface area (Å²) >= 11 is 0. The molecule has 15 heavy (non-hydrogen) atoms. The van der Waals surface area contributed by atoms with Gasteiger partial charge in [-0.25, -0.2) is 0 Å². The lowest BCUT2D eigenvalue weighted by molar-refractivity contribution is 0.235. The maximum absolute atomic E-state index is 2.49. The maximum Gasteiger partial charge on any atom is -0.00223 e. The van der Waals surface area contributed by atoms with Gasteiger partial charge in [0.2, 0.25) is 0 Å². The van der Waals surface area contributed by atoms with Gasteiger partial charge in [-0.15, -0.1) is 0 Å². The van der Waals surface area contributed by atoms with Gasteiger partial charge in [0.25, 0.3) is 0 Å². The van der Waals surface area contributed by atoms with Crippen molar-refractivity contribution in [1.82, 2.24) is 0 Å². The Bertz CT molecular complexity index is 315. The number of hydrogen-bond donors (Lipinski definition) is 0. The van der Waals surface area contributed by atoms with E-state index in [4.69, 9.17) is 0 Å². The molecule has 1 saturated carbocycles. The Morgan fingerprint density at radius 2 is 2.07 bits per heavy atom. The molecule has 0 radical (unpaired) electrons. The normalized spacial score (nSPS) is 35.9. The molecule has 0 nitrogen and oxygen atoms in total. The molecule has 0 N–H and O–H groups in total. The molecule has 1 spiro atoms. The van der Waals surface area contributed by atoms with Crippen LogP contribution in [0.3, 0.4) is 0 Å². The molecule has 1 fully saturated rings. The highest BCUT2D eigenvalue weighted by Gasteiger charge is 2.44. The Labute approximate surface area is 94.5 Å². The van der Waals surface area contributed by atoms with E-state index in [-0.39, 0.29) is 0 Å². The lowest BCUT2D eigenvalue weighted by atomic mass is 9.66. The summed E-state index contributed by atoms with van der Waals surface area (Å²) in [6, 6.07) is 0. The van der Waals surface area contributed by atoms with Crippen molar-refractivity contribution in [3.63, 3.8) is 0 Å². The topological polar surface area (TPSA) is 0 Å². The van der Waals surface area contributed by atoms with E-state index in [0.29, 0.717) is 5.41 Å². The van der Waals surface area contributed by atoms with Crippen molar-refractivity contribution in [3.8, 4) is 0 Å². The van der Waals surface area contributed by atoms with Gasteiger partial charge in [0.1, 0.15) is 0 Å². The quantitative estimate of drug-likeness (QED) is 0.494. The summed E-state index contributed by atoms with van der Waals surface area (Å²) < 4.78 is 0. The number of allylic oxidation sites excluding steroid dienone is 4. The molecule has 2 aliphatic carbocycles. The predicted octanol–water partition coefficient (Wildman–Crippen LogP) is 4.87. The molecular formula is C15H24. The van der Waals surface area contributed by atoms with Crippen molar-refractivity contribution in [2.75, 3.05) is 0 Å². The molecule has 0 aliphatic heterocycles. The monoisotopic (exact) mass is 204 g/mol. The van der Waals surface area contributed by atoms with Gasteiger partial charge in [-0.1, -0.05) is 29.7 Å². The van der Waals surface area contributed by atoms with Crippen LogP contribution in [0.1, 0.15) is 59.8 Å². The van der Waals surface area contributed by atoms with Crippen molar-refractivity contribution < 1.29 is 0 Å². The van der Waals surface area contributed by atoms with Crippen LogP contribution in [-0.4, -0.2) is 0 Å². The lowest BCUT2D eigenvalue weighted by Gasteiger charge is -2.38. The zero-order valence-corrected chi connectivity index (χ0v) is 10.7. The van der Waals surface area contributed by atoms with Crippen molar-refractivity contribution in [2.45, 2.75) is 59.8 Å². The Kier molecular flexibility index (Phi) is 2.79. The second-order valence-electron chi connectivity index (χ2n) is 5.83. The fraction of sp³-hybridized carbons (Fsp3) is 0.733. The standard InChI is InChI=1S/C15H24/c1-11(2)14-6-5-13(4)15(14)9-7-12(3)8-10-15/h7,13H,5-6,8-10H2,1-4H3/t13-,15+/m0/s1. The second-order valence-corrected chi connectivity index (χ2v) is 5.83. The number of rotatable bonds is 0. The first-order valence-electron chi connectivity index (χ1n) is 6.39. The summed E-state index contributed by atoms with van der Waals surface area (Å²) in [5.74, 6) is 0.895. The summed E-state index contributed by atoms with van der Waals surface area (Å²) in [6.45, 7) is 9.36. The Hall–Kier alpha value is -0.520. The largest absolute Gasteiger partial charge is 0.0847 e. The summed E-state index contributed by atoms with van der Waals surface area (Å²) in [7, 11) is 0. The maximum atomic E-state index is 2.49. The van der Waals surface area contributed by atoms with Gasteiger partial charge in [-0.05, 0) is 64.2 Å². The Morgan fingerprint density at radius 3 is 2.60 bits per heavy atom. The molecule has 0 aromatic rings. The van der Waals surface area contributed by atoms with Gasteiger partial charge in [0.15, 0.2) is 0 Å². The predicted molar refractivity (Wildman–Crippen MR) is 66.8 cm³/mol. The molecule has 0 saturated heterocycles. The molecule has 0 aromatic carbocycles. The van der Waals surface area contributed by atoms with Gasteiger partial charge in [0, 0.05) is 0 Å². The van der Waals surface area contributed by atoms with E-state index in [1.165, 1.54) is 32.1 Å². The summed E-state index contributed by atoms with van der Waals surface area (Å²) in [5.41, 5.74) is 5.54. The van der Waals surface area contributed by atoms with Crippen LogP contribution in [0.2, 0.25) is 0 Å². The van der Waals surface area contributed by atoms with Crippen LogP contribution in [0.4, 0.5) is 0 Å². The minimum atomic E-state index is 0.554. The van der Waals surface area contributed by atoms with Crippen molar-refractivity contribution >= 4 is 0 Å². The first-order valence-corrected chi connectivity index (χ1v) is 6.39. The first-order chi connectivity index (χ1) is 7.06. The van der Waals surface area contributed by atoms with Gasteiger partial charge in [-0.2, -0.15) is 0 Å². The van der Waals surface area contributed by atoms with Crippen LogP contribution in [0.5, 0.6) is 0 Å². The highest BCUT2D eigenvalue weighted by Crippen LogP contribution is 2.56. The van der Waals surface area contributed by atoms with Crippen LogP contribution in [0.25, 0.3) is 0 Å². The van der Waals surface area contributed by atoms with E-state index in [1.54, 1.807) is 16.7 Å². The minimum absolute atomic E-state index is 0.554. The summed E-state index contributed by atoms with van der Waals surface area (Å²) in [4.78, 5) is 0. The third kappa shape index (κ3) is 1.68. The highest BCUT2D eigenvalue weighted by atomic mass is 14.5. The minimum Gasteiger partial charge on any atom is -0.0847 e. The molecule has 0 amide bonds. The fourth-order valence-electron chi connectivity index (χ4n) is 3.63. The second kappa shape index (κ2) is 3.81. The van der Waals surface area contributed by atoms with Gasteiger partial charge < -0.3 is 0 Å². The van der Waals surface area contributed by atoms with E-state index in [2.05, 4.69) is 33.8 Å². The molecule has 0 heterocycles. The van der Waals surface area contributed by atoms with Crippen molar-refractivity contribution in [2.24, 2.45) is 11.3 Å². The average molecular weight is 204 g/mol. The smallest absolute Gasteiger partial charge is 0.00223 e. The molecule has 0 unspecified atom stereocenters. The lowest BCUT2D eigenvalue weighted by Crippen LogP contribution is -2.28. The van der Waals surface area contributed by atoms with Crippen molar-refractivity contribution in [3.05, 3.63) is 22.8 Å². The van der Waals surface area contributed by atoms with E-state index >= 15 is 0 Å². The Balaban J connectivity index is 2.36.